The van der Waals surface area contributed by atoms with Gasteiger partial charge in [0, 0.05) is 23.6 Å². The normalized spacial score (nSPS) is 10.1. The predicted octanol–water partition coefficient (Wildman–Crippen LogP) is 3.13. The van der Waals surface area contributed by atoms with Crippen LogP contribution in [0.1, 0.15) is 26.4 Å². The molecule has 0 saturated carbocycles. The van der Waals surface area contributed by atoms with Gasteiger partial charge in [0.15, 0.2) is 0 Å². The van der Waals surface area contributed by atoms with Crippen LogP contribution >= 0.6 is 0 Å². The van der Waals surface area contributed by atoms with Crippen LogP contribution in [0.2, 0.25) is 0 Å². The van der Waals surface area contributed by atoms with Crippen LogP contribution in [0.4, 0.5) is 11.5 Å². The van der Waals surface area contributed by atoms with Gasteiger partial charge in [-0.3, -0.25) is 9.78 Å². The van der Waals surface area contributed by atoms with E-state index >= 15 is 0 Å². The van der Waals surface area contributed by atoms with Crippen LogP contribution in [0.15, 0.2) is 67.0 Å². The summed E-state index contributed by atoms with van der Waals surface area (Å²) in [7, 11) is 1.32. The van der Waals surface area contributed by atoms with Gasteiger partial charge >= 0.3 is 5.97 Å². The van der Waals surface area contributed by atoms with Crippen LogP contribution < -0.4 is 10.6 Å². The molecule has 0 aliphatic carbocycles. The number of carbonyl (C=O) groups excluding carboxylic acids is 2. The molecule has 7 heteroatoms. The highest BCUT2D eigenvalue weighted by Gasteiger charge is 2.09. The molecule has 1 aromatic carbocycles. The molecular weight excluding hydrogens is 344 g/mol. The summed E-state index contributed by atoms with van der Waals surface area (Å²) in [6, 6.07) is 15.4. The lowest BCUT2D eigenvalue weighted by atomic mass is 10.2. The molecule has 0 bridgehead atoms. The summed E-state index contributed by atoms with van der Waals surface area (Å²) in [4.78, 5) is 32.3. The number of anilines is 2. The maximum Gasteiger partial charge on any atom is 0.337 e. The first-order chi connectivity index (χ1) is 13.2. The number of ether oxygens (including phenoxy) is 1. The van der Waals surface area contributed by atoms with Crippen molar-refractivity contribution in [1.29, 1.82) is 0 Å². The average Bonchev–Trinajstić information content (AvgIpc) is 2.73. The minimum absolute atomic E-state index is 0.274. The zero-order valence-electron chi connectivity index (χ0n) is 14.7. The summed E-state index contributed by atoms with van der Waals surface area (Å²) in [5, 5.41) is 5.93. The second-order valence-corrected chi connectivity index (χ2v) is 5.63. The number of nitrogens with zero attached hydrogens (tertiary/aromatic N) is 2. The Kier molecular flexibility index (Phi) is 5.73. The monoisotopic (exact) mass is 362 g/mol. The highest BCUT2D eigenvalue weighted by Crippen LogP contribution is 2.14. The van der Waals surface area contributed by atoms with Gasteiger partial charge < -0.3 is 15.4 Å². The molecule has 0 aliphatic rings. The van der Waals surface area contributed by atoms with Crippen LogP contribution in [0.25, 0.3) is 0 Å². The van der Waals surface area contributed by atoms with E-state index in [-0.39, 0.29) is 5.91 Å². The number of benzene rings is 1. The van der Waals surface area contributed by atoms with Crippen molar-refractivity contribution >= 4 is 23.4 Å². The van der Waals surface area contributed by atoms with E-state index in [1.807, 2.05) is 18.2 Å². The van der Waals surface area contributed by atoms with Crippen LogP contribution in [0.5, 0.6) is 0 Å². The number of esters is 1. The molecule has 136 valence electrons. The Labute approximate surface area is 156 Å². The maximum absolute atomic E-state index is 12.4. The first-order valence-corrected chi connectivity index (χ1v) is 8.25. The molecule has 2 aromatic heterocycles. The van der Waals surface area contributed by atoms with Crippen molar-refractivity contribution in [2.24, 2.45) is 0 Å². The zero-order chi connectivity index (χ0) is 19.1. The number of hydrogen-bond acceptors (Lipinski definition) is 6. The lowest BCUT2D eigenvalue weighted by molar-refractivity contribution is 0.0600. The summed E-state index contributed by atoms with van der Waals surface area (Å²) in [6.07, 6.45) is 3.29. The Bertz CT molecular complexity index is 927. The van der Waals surface area contributed by atoms with Gasteiger partial charge in [-0.2, -0.15) is 0 Å². The van der Waals surface area contributed by atoms with Gasteiger partial charge in [0.1, 0.15) is 5.82 Å². The fourth-order valence-corrected chi connectivity index (χ4v) is 2.36. The predicted molar refractivity (Wildman–Crippen MR) is 102 cm³/mol. The number of amides is 1. The van der Waals surface area contributed by atoms with E-state index in [1.165, 1.54) is 7.11 Å². The molecule has 0 spiro atoms. The summed E-state index contributed by atoms with van der Waals surface area (Å²) in [6.45, 7) is 0.508. The molecule has 0 fully saturated rings. The number of rotatable bonds is 6. The summed E-state index contributed by atoms with van der Waals surface area (Å²) in [5.74, 6) is -0.121. The molecule has 0 radical (unpaired) electrons. The molecule has 0 unspecified atom stereocenters. The van der Waals surface area contributed by atoms with E-state index in [2.05, 4.69) is 25.3 Å². The number of aromatic nitrogens is 2. The molecule has 0 atom stereocenters. The van der Waals surface area contributed by atoms with Gasteiger partial charge in [-0.1, -0.05) is 6.07 Å². The molecular formula is C20H18N4O3. The van der Waals surface area contributed by atoms with Crippen molar-refractivity contribution in [3.05, 3.63) is 83.8 Å². The molecule has 27 heavy (non-hydrogen) atoms. The quantitative estimate of drug-likeness (QED) is 0.655. The van der Waals surface area contributed by atoms with Crippen molar-refractivity contribution in [3.63, 3.8) is 0 Å². The number of nitrogens with one attached hydrogen (secondary N) is 2. The Balaban J connectivity index is 1.63. The zero-order valence-corrected chi connectivity index (χ0v) is 14.7. The van der Waals surface area contributed by atoms with Gasteiger partial charge in [-0.05, 0) is 48.5 Å². The van der Waals surface area contributed by atoms with Crippen molar-refractivity contribution in [1.82, 2.24) is 9.97 Å². The van der Waals surface area contributed by atoms with Crippen LogP contribution in [-0.2, 0) is 11.3 Å². The Morgan fingerprint density at radius 1 is 0.963 bits per heavy atom. The third kappa shape index (κ3) is 4.88. The third-order valence-corrected chi connectivity index (χ3v) is 3.76. The SMILES string of the molecule is COC(=O)c1ccc(NC(=O)c2ccnc(NCc3ccccn3)c2)cc1. The highest BCUT2D eigenvalue weighted by atomic mass is 16.5. The largest absolute Gasteiger partial charge is 0.465 e. The van der Waals surface area contributed by atoms with Crippen molar-refractivity contribution < 1.29 is 14.3 Å². The molecule has 0 aliphatic heterocycles. The second-order valence-electron chi connectivity index (χ2n) is 5.63. The van der Waals surface area contributed by atoms with Crippen molar-refractivity contribution in [2.45, 2.75) is 6.54 Å². The molecule has 3 aromatic rings. The fourth-order valence-electron chi connectivity index (χ4n) is 2.36. The molecule has 1 amide bonds. The number of pyridine rings is 2. The first-order valence-electron chi connectivity index (χ1n) is 8.25. The van der Waals surface area contributed by atoms with E-state index in [0.717, 1.165) is 5.69 Å². The minimum atomic E-state index is -0.425. The Morgan fingerprint density at radius 3 is 2.48 bits per heavy atom. The molecule has 3 rings (SSSR count). The molecule has 2 N–H and O–H groups in total. The first kappa shape index (κ1) is 18.1. The van der Waals surface area contributed by atoms with Gasteiger partial charge in [-0.25, -0.2) is 9.78 Å². The smallest absolute Gasteiger partial charge is 0.337 e. The van der Waals surface area contributed by atoms with Gasteiger partial charge in [0.25, 0.3) is 5.91 Å². The highest BCUT2D eigenvalue weighted by molar-refractivity contribution is 6.04. The summed E-state index contributed by atoms with van der Waals surface area (Å²) in [5.41, 5.74) is 2.33. The van der Waals surface area contributed by atoms with E-state index in [0.29, 0.717) is 29.2 Å². The molecule has 2 heterocycles. The number of methoxy groups -OCH3 is 1. The van der Waals surface area contributed by atoms with E-state index in [1.54, 1.807) is 48.8 Å². The van der Waals surface area contributed by atoms with Crippen LogP contribution in [0.3, 0.4) is 0 Å². The van der Waals surface area contributed by atoms with E-state index < -0.39 is 5.97 Å². The number of hydrogen-bond donors (Lipinski definition) is 2. The average molecular weight is 362 g/mol. The standard InChI is InChI=1S/C20H18N4O3/c1-27-20(26)14-5-7-16(8-6-14)24-19(25)15-9-11-22-18(12-15)23-13-17-4-2-3-10-21-17/h2-12H,13H2,1H3,(H,22,23)(H,24,25). The van der Waals surface area contributed by atoms with E-state index in [9.17, 15) is 9.59 Å². The number of carbonyl (C=O) groups is 2. The lowest BCUT2D eigenvalue weighted by Gasteiger charge is -2.08. The van der Waals surface area contributed by atoms with Gasteiger partial charge in [-0.15, -0.1) is 0 Å². The van der Waals surface area contributed by atoms with Gasteiger partial charge in [0.2, 0.25) is 0 Å². The minimum Gasteiger partial charge on any atom is -0.465 e. The maximum atomic E-state index is 12.4. The third-order valence-electron chi connectivity index (χ3n) is 3.76. The fraction of sp³-hybridized carbons (Fsp3) is 0.100. The topological polar surface area (TPSA) is 93.2 Å². The van der Waals surface area contributed by atoms with E-state index in [4.69, 9.17) is 0 Å². The lowest BCUT2D eigenvalue weighted by Crippen LogP contribution is -2.13. The summed E-state index contributed by atoms with van der Waals surface area (Å²) >= 11 is 0. The van der Waals surface area contributed by atoms with Crippen LogP contribution in [-0.4, -0.2) is 29.0 Å². The Morgan fingerprint density at radius 2 is 1.78 bits per heavy atom. The second kappa shape index (κ2) is 8.57. The van der Waals surface area contributed by atoms with Crippen LogP contribution in [0, 0.1) is 0 Å². The van der Waals surface area contributed by atoms with Crippen molar-refractivity contribution in [3.8, 4) is 0 Å². The van der Waals surface area contributed by atoms with Gasteiger partial charge in [0.05, 0.1) is 24.9 Å². The molecule has 0 saturated heterocycles. The Hall–Kier alpha value is -3.74. The molecule has 7 nitrogen and oxygen atoms in total. The van der Waals surface area contributed by atoms with Crippen molar-refractivity contribution in [2.75, 3.05) is 17.7 Å². The summed E-state index contributed by atoms with van der Waals surface area (Å²) < 4.78 is 4.65.